The highest BCUT2D eigenvalue weighted by Crippen LogP contribution is 2.54. The minimum absolute atomic E-state index is 0.0161. The quantitative estimate of drug-likeness (QED) is 0.621. The zero-order valence-electron chi connectivity index (χ0n) is 8.55. The Hall–Kier alpha value is -0.380. The molecule has 2 aliphatic carbocycles. The van der Waals surface area contributed by atoms with Crippen molar-refractivity contribution in [2.24, 2.45) is 17.8 Å². The molecule has 1 saturated carbocycles. The summed E-state index contributed by atoms with van der Waals surface area (Å²) in [6, 6.07) is 0. The SMILES string of the molecule is COC1OC2C(OC)C3C=CCC1C32. The maximum atomic E-state index is 5.84. The van der Waals surface area contributed by atoms with Crippen molar-refractivity contribution in [3.8, 4) is 0 Å². The molecule has 3 heteroatoms. The maximum Gasteiger partial charge on any atom is 0.161 e. The first-order valence-electron chi connectivity index (χ1n) is 5.24. The molecule has 0 bridgehead atoms. The highest BCUT2D eigenvalue weighted by Gasteiger charge is 2.61. The minimum Gasteiger partial charge on any atom is -0.378 e. The highest BCUT2D eigenvalue weighted by atomic mass is 16.7. The summed E-state index contributed by atoms with van der Waals surface area (Å²) in [7, 11) is 3.49. The molecule has 0 amide bonds. The molecule has 0 aromatic rings. The van der Waals surface area contributed by atoms with Crippen LogP contribution in [0.5, 0.6) is 0 Å². The van der Waals surface area contributed by atoms with E-state index in [9.17, 15) is 0 Å². The van der Waals surface area contributed by atoms with Crippen LogP contribution < -0.4 is 0 Å². The Balaban J connectivity index is 1.86. The zero-order valence-corrected chi connectivity index (χ0v) is 8.55. The van der Waals surface area contributed by atoms with Gasteiger partial charge in [-0.1, -0.05) is 12.2 Å². The Morgan fingerprint density at radius 1 is 1.29 bits per heavy atom. The van der Waals surface area contributed by atoms with E-state index < -0.39 is 0 Å². The Morgan fingerprint density at radius 3 is 2.86 bits per heavy atom. The van der Waals surface area contributed by atoms with Crippen LogP contribution in [0.4, 0.5) is 0 Å². The van der Waals surface area contributed by atoms with Gasteiger partial charge in [0, 0.05) is 32.0 Å². The van der Waals surface area contributed by atoms with Gasteiger partial charge in [-0.2, -0.15) is 0 Å². The molecule has 1 saturated heterocycles. The lowest BCUT2D eigenvalue weighted by Crippen LogP contribution is -2.56. The third kappa shape index (κ3) is 0.926. The average molecular weight is 196 g/mol. The van der Waals surface area contributed by atoms with Crippen LogP contribution in [0.15, 0.2) is 12.2 Å². The molecule has 1 heterocycles. The molecule has 6 atom stereocenters. The second kappa shape index (κ2) is 3.05. The van der Waals surface area contributed by atoms with Crippen molar-refractivity contribution in [2.45, 2.75) is 24.9 Å². The topological polar surface area (TPSA) is 27.7 Å². The summed E-state index contributed by atoms with van der Waals surface area (Å²) in [6.45, 7) is 0. The molecular weight excluding hydrogens is 180 g/mol. The lowest BCUT2D eigenvalue weighted by atomic mass is 9.61. The summed E-state index contributed by atoms with van der Waals surface area (Å²) in [5.41, 5.74) is 0. The molecule has 0 spiro atoms. The Labute approximate surface area is 84.0 Å². The normalized spacial score (nSPS) is 54.1. The fourth-order valence-electron chi connectivity index (χ4n) is 3.29. The molecule has 3 nitrogen and oxygen atoms in total. The van der Waals surface area contributed by atoms with Crippen molar-refractivity contribution in [1.82, 2.24) is 0 Å². The van der Waals surface area contributed by atoms with Crippen LogP contribution in [0, 0.1) is 17.8 Å². The van der Waals surface area contributed by atoms with Gasteiger partial charge in [0.25, 0.3) is 0 Å². The van der Waals surface area contributed by atoms with E-state index in [1.165, 1.54) is 0 Å². The highest BCUT2D eigenvalue weighted by molar-refractivity contribution is 5.18. The molecular formula is C11H16O3. The number of methoxy groups -OCH3 is 2. The number of ether oxygens (including phenoxy) is 3. The van der Waals surface area contributed by atoms with Gasteiger partial charge in [-0.3, -0.25) is 0 Å². The van der Waals surface area contributed by atoms with Gasteiger partial charge in [-0.15, -0.1) is 0 Å². The number of allylic oxidation sites excluding steroid dienone is 1. The Bertz CT molecular complexity index is 263. The summed E-state index contributed by atoms with van der Waals surface area (Å²) in [5.74, 6) is 1.74. The summed E-state index contributed by atoms with van der Waals surface area (Å²) in [4.78, 5) is 0. The van der Waals surface area contributed by atoms with Crippen LogP contribution in [-0.4, -0.2) is 32.7 Å². The van der Waals surface area contributed by atoms with E-state index in [0.29, 0.717) is 17.8 Å². The van der Waals surface area contributed by atoms with Crippen molar-refractivity contribution >= 4 is 0 Å². The first kappa shape index (κ1) is 8.89. The monoisotopic (exact) mass is 196 g/mol. The van der Waals surface area contributed by atoms with E-state index >= 15 is 0 Å². The lowest BCUT2D eigenvalue weighted by Gasteiger charge is -2.48. The van der Waals surface area contributed by atoms with Crippen LogP contribution in [0.1, 0.15) is 6.42 Å². The fraction of sp³-hybridized carbons (Fsp3) is 0.818. The van der Waals surface area contributed by atoms with Crippen LogP contribution in [-0.2, 0) is 14.2 Å². The van der Waals surface area contributed by atoms with Crippen molar-refractivity contribution in [3.05, 3.63) is 12.2 Å². The predicted molar refractivity (Wildman–Crippen MR) is 50.7 cm³/mol. The predicted octanol–water partition coefficient (Wildman–Crippen LogP) is 1.19. The third-order valence-electron chi connectivity index (χ3n) is 3.93. The van der Waals surface area contributed by atoms with E-state index in [2.05, 4.69) is 12.2 Å². The van der Waals surface area contributed by atoms with Gasteiger partial charge in [0.05, 0.1) is 12.2 Å². The standard InChI is InChI=1S/C11H16O3/c1-12-9-6-4-3-5-7-8(6)10(9)14-11(7)13-2/h3-4,6-11H,5H2,1-2H3. The van der Waals surface area contributed by atoms with Crippen molar-refractivity contribution in [2.75, 3.05) is 14.2 Å². The van der Waals surface area contributed by atoms with Gasteiger partial charge in [0.15, 0.2) is 6.29 Å². The Morgan fingerprint density at radius 2 is 2.14 bits per heavy atom. The first-order chi connectivity index (χ1) is 6.86. The molecule has 2 fully saturated rings. The summed E-state index contributed by atoms with van der Waals surface area (Å²) in [5, 5.41) is 0. The molecule has 78 valence electrons. The van der Waals surface area contributed by atoms with Crippen LogP contribution in [0.3, 0.4) is 0 Å². The van der Waals surface area contributed by atoms with Crippen LogP contribution >= 0.6 is 0 Å². The molecule has 3 aliphatic rings. The molecule has 0 radical (unpaired) electrons. The van der Waals surface area contributed by atoms with Gasteiger partial charge < -0.3 is 14.2 Å². The van der Waals surface area contributed by atoms with Crippen molar-refractivity contribution in [3.63, 3.8) is 0 Å². The molecule has 6 unspecified atom stereocenters. The van der Waals surface area contributed by atoms with E-state index in [0.717, 1.165) is 6.42 Å². The lowest BCUT2D eigenvalue weighted by molar-refractivity contribution is -0.185. The van der Waals surface area contributed by atoms with Crippen LogP contribution in [0.25, 0.3) is 0 Å². The molecule has 1 aliphatic heterocycles. The zero-order chi connectivity index (χ0) is 9.71. The summed E-state index contributed by atoms with van der Waals surface area (Å²) < 4.78 is 16.6. The second-order valence-electron chi connectivity index (χ2n) is 4.39. The molecule has 0 aromatic heterocycles. The van der Waals surface area contributed by atoms with Crippen molar-refractivity contribution in [1.29, 1.82) is 0 Å². The minimum atomic E-state index is -0.0161. The smallest absolute Gasteiger partial charge is 0.161 e. The number of rotatable bonds is 2. The van der Waals surface area contributed by atoms with E-state index in [4.69, 9.17) is 14.2 Å². The first-order valence-corrected chi connectivity index (χ1v) is 5.24. The molecule has 3 rings (SSSR count). The third-order valence-corrected chi connectivity index (χ3v) is 3.93. The van der Waals surface area contributed by atoms with Gasteiger partial charge in [0.1, 0.15) is 0 Å². The van der Waals surface area contributed by atoms with Gasteiger partial charge in [-0.05, 0) is 6.42 Å². The van der Waals surface area contributed by atoms with Crippen LogP contribution in [0.2, 0.25) is 0 Å². The van der Waals surface area contributed by atoms with Gasteiger partial charge >= 0.3 is 0 Å². The largest absolute Gasteiger partial charge is 0.378 e. The average Bonchev–Trinajstić information content (AvgIpc) is 2.55. The second-order valence-corrected chi connectivity index (χ2v) is 4.39. The number of hydrogen-bond acceptors (Lipinski definition) is 3. The summed E-state index contributed by atoms with van der Waals surface area (Å²) >= 11 is 0. The fourth-order valence-corrected chi connectivity index (χ4v) is 3.29. The van der Waals surface area contributed by atoms with E-state index in [1.807, 2.05) is 0 Å². The molecule has 0 N–H and O–H groups in total. The number of hydrogen-bond donors (Lipinski definition) is 0. The van der Waals surface area contributed by atoms with E-state index in [1.54, 1.807) is 14.2 Å². The summed E-state index contributed by atoms with van der Waals surface area (Å²) in [6.07, 6.45) is 6.12. The van der Waals surface area contributed by atoms with Crippen molar-refractivity contribution < 1.29 is 14.2 Å². The van der Waals surface area contributed by atoms with Gasteiger partial charge in [-0.25, -0.2) is 0 Å². The molecule has 14 heavy (non-hydrogen) atoms. The Kier molecular flexibility index (Phi) is 1.94. The molecule has 0 aromatic carbocycles. The maximum absolute atomic E-state index is 5.84. The van der Waals surface area contributed by atoms with E-state index in [-0.39, 0.29) is 18.5 Å². The van der Waals surface area contributed by atoms with Gasteiger partial charge in [0.2, 0.25) is 0 Å².